The van der Waals surface area contributed by atoms with E-state index in [2.05, 4.69) is 15.5 Å². The fourth-order valence-corrected chi connectivity index (χ4v) is 9.44. The van der Waals surface area contributed by atoms with E-state index in [0.29, 0.717) is 36.2 Å². The standard InChI is InChI=1S/C31H33Cl2N7O10S2/c1-31(2,29(48)49)50-37-19(18-23(33)52-30(34)36-18)24(43)35-20-26(45)39-21(28(46)47)13(12-51-27(20)39)11-40-8-3-4-14(40)10-38(7-9-40)25(44)15-5-6-16(41)22(42)17(15)32/h5-6,14,20,27H,3-4,7-12H2,1-2H3,(H6-,34,35,36,37,41,42,43,44,46,47,48,49)/p+1/t14?,20-,27-,40?/m1/s1. The van der Waals surface area contributed by atoms with Gasteiger partial charge >= 0.3 is 11.9 Å². The zero-order chi connectivity index (χ0) is 37.9. The first-order valence-corrected chi connectivity index (χ1v) is 18.6. The van der Waals surface area contributed by atoms with Crippen molar-refractivity contribution in [1.29, 1.82) is 0 Å². The predicted molar refractivity (Wildman–Crippen MR) is 189 cm³/mol. The summed E-state index contributed by atoms with van der Waals surface area (Å²) >= 11 is 14.5. The molecule has 5 heterocycles. The molecule has 278 valence electrons. The maximum Gasteiger partial charge on any atom is 0.352 e. The second kappa shape index (κ2) is 13.9. The normalized spacial score (nSPS) is 24.6. The number of hydrogen-bond acceptors (Lipinski definition) is 13. The molecular weight excluding hydrogens is 765 g/mol. The van der Waals surface area contributed by atoms with Gasteiger partial charge in [-0.1, -0.05) is 39.7 Å². The number of carboxylic acids is 2. The molecule has 1 aromatic heterocycles. The van der Waals surface area contributed by atoms with Crippen LogP contribution in [0.1, 0.15) is 42.7 Å². The highest BCUT2D eigenvalue weighted by Crippen LogP contribution is 2.43. The van der Waals surface area contributed by atoms with Gasteiger partial charge in [0.05, 0.1) is 36.8 Å². The zero-order valence-electron chi connectivity index (χ0n) is 27.7. The number of aromatic hydroxyl groups is 2. The van der Waals surface area contributed by atoms with Gasteiger partial charge in [0.2, 0.25) is 5.60 Å². The molecule has 4 aliphatic rings. The highest BCUT2D eigenvalue weighted by atomic mass is 35.5. The Morgan fingerprint density at radius 2 is 1.92 bits per heavy atom. The number of carbonyl (C=O) groups excluding carboxylic acids is 3. The average molecular weight is 800 g/mol. The van der Waals surface area contributed by atoms with Crippen molar-refractivity contribution in [2.75, 3.05) is 44.2 Å². The number of aromatic nitrogens is 1. The monoisotopic (exact) mass is 798 g/mol. The second-order valence-electron chi connectivity index (χ2n) is 13.3. The smallest absolute Gasteiger partial charge is 0.352 e. The lowest BCUT2D eigenvalue weighted by Crippen LogP contribution is -2.71. The molecule has 0 bridgehead atoms. The van der Waals surface area contributed by atoms with Crippen LogP contribution in [0, 0.1) is 0 Å². The molecule has 21 heteroatoms. The van der Waals surface area contributed by atoms with Gasteiger partial charge in [-0.3, -0.25) is 19.3 Å². The lowest BCUT2D eigenvalue weighted by Gasteiger charge is -2.51. The Morgan fingerprint density at radius 1 is 1.19 bits per heavy atom. The number of thiazole rings is 1. The molecule has 6 rings (SSSR count). The van der Waals surface area contributed by atoms with Crippen LogP contribution in [0.5, 0.6) is 11.5 Å². The number of fused-ring (bicyclic) bond motifs is 2. The first-order chi connectivity index (χ1) is 24.5. The van der Waals surface area contributed by atoms with Crippen molar-refractivity contribution in [3.05, 3.63) is 44.0 Å². The zero-order valence-corrected chi connectivity index (χ0v) is 30.8. The van der Waals surface area contributed by atoms with Gasteiger partial charge in [-0.25, -0.2) is 14.6 Å². The number of thioether (sulfide) groups is 1. The summed E-state index contributed by atoms with van der Waals surface area (Å²) in [5.74, 6) is -5.44. The molecule has 7 N–H and O–H groups in total. The summed E-state index contributed by atoms with van der Waals surface area (Å²) in [4.78, 5) is 76.8. The summed E-state index contributed by atoms with van der Waals surface area (Å²) < 4.78 is 0.501. The third-order valence-electron chi connectivity index (χ3n) is 9.74. The number of benzene rings is 1. The topological polar surface area (TPSA) is 245 Å². The molecule has 0 radical (unpaired) electrons. The lowest BCUT2D eigenvalue weighted by molar-refractivity contribution is -0.938. The van der Waals surface area contributed by atoms with E-state index in [1.807, 2.05) is 0 Å². The highest BCUT2D eigenvalue weighted by molar-refractivity contribution is 8.00. The second-order valence-corrected chi connectivity index (χ2v) is 16.4. The fraction of sp³-hybridized carbons (Fsp3) is 0.452. The quantitative estimate of drug-likeness (QED) is 0.0662. The van der Waals surface area contributed by atoms with Crippen LogP contribution in [0.3, 0.4) is 0 Å². The minimum absolute atomic E-state index is 0.00263. The number of phenolic OH excluding ortho intramolecular Hbond substituents is 2. The molecule has 0 saturated carbocycles. The number of piperazine rings is 1. The largest absolute Gasteiger partial charge is 0.504 e. The number of anilines is 1. The van der Waals surface area contributed by atoms with E-state index in [1.165, 1.54) is 37.7 Å². The van der Waals surface area contributed by atoms with E-state index >= 15 is 0 Å². The SMILES string of the molecule is CC(C)(O/N=C(\C(=O)N[C@@H]1C(=O)N2C(C(=O)O)=C(C[N+]34CCCC3CN(C(=O)c3ccc(O)c(O)c3Cl)CC4)CS[C@H]12)c1nc(N)sc1Cl)C(=O)O. The molecule has 0 spiro atoms. The van der Waals surface area contributed by atoms with Gasteiger partial charge in [-0.2, -0.15) is 0 Å². The van der Waals surface area contributed by atoms with Crippen LogP contribution in [0.15, 0.2) is 28.6 Å². The van der Waals surface area contributed by atoms with Gasteiger partial charge in [0, 0.05) is 24.2 Å². The van der Waals surface area contributed by atoms with Crippen LogP contribution < -0.4 is 11.1 Å². The molecule has 4 aliphatic heterocycles. The van der Waals surface area contributed by atoms with Crippen LogP contribution in [0.2, 0.25) is 9.36 Å². The van der Waals surface area contributed by atoms with Gasteiger partial charge in [0.1, 0.15) is 39.7 Å². The molecule has 3 saturated heterocycles. The number of nitrogens with one attached hydrogen (secondary N) is 1. The maximum atomic E-state index is 13.6. The van der Waals surface area contributed by atoms with Crippen molar-refractivity contribution >= 4 is 86.8 Å². The number of carbonyl (C=O) groups is 5. The van der Waals surface area contributed by atoms with E-state index in [-0.39, 0.29) is 43.2 Å². The number of amides is 3. The molecule has 4 atom stereocenters. The molecule has 2 aromatic rings. The predicted octanol–water partition coefficient (Wildman–Crippen LogP) is 1.90. The lowest BCUT2D eigenvalue weighted by atomic mass is 10.0. The number of nitrogens with zero attached hydrogens (tertiary/aromatic N) is 5. The molecule has 3 fully saturated rings. The fourth-order valence-electron chi connectivity index (χ4n) is 6.93. The van der Waals surface area contributed by atoms with Crippen molar-refractivity contribution < 1.29 is 53.7 Å². The number of β-lactam (4-membered cyclic amide) rings is 1. The third kappa shape index (κ3) is 6.59. The molecule has 2 unspecified atom stereocenters. The Morgan fingerprint density at radius 3 is 2.58 bits per heavy atom. The number of rotatable bonds is 10. The average Bonchev–Trinajstić information content (AvgIpc) is 3.66. The number of carboxylic acid groups (broad SMARTS) is 2. The number of oxime groups is 1. The number of phenols is 2. The van der Waals surface area contributed by atoms with E-state index in [1.54, 1.807) is 4.90 Å². The minimum atomic E-state index is -1.84. The Hall–Kier alpha value is -4.30. The highest BCUT2D eigenvalue weighted by Gasteiger charge is 2.56. The van der Waals surface area contributed by atoms with E-state index in [4.69, 9.17) is 33.8 Å². The summed E-state index contributed by atoms with van der Waals surface area (Å²) in [6, 6.07) is 1.37. The summed E-state index contributed by atoms with van der Waals surface area (Å²) in [5.41, 5.74) is 3.67. The van der Waals surface area contributed by atoms with Crippen LogP contribution in [0.25, 0.3) is 0 Å². The van der Waals surface area contributed by atoms with E-state index in [9.17, 15) is 44.4 Å². The molecular formula is C31H34Cl2N7O10S2+. The molecule has 52 heavy (non-hydrogen) atoms. The number of nitrogens with two attached hydrogens (primary N) is 1. The Balaban J connectivity index is 1.19. The number of hydrogen-bond donors (Lipinski definition) is 6. The molecule has 3 amide bonds. The van der Waals surface area contributed by atoms with Crippen molar-refractivity contribution in [1.82, 2.24) is 20.1 Å². The van der Waals surface area contributed by atoms with Crippen molar-refractivity contribution in [2.45, 2.75) is 49.7 Å². The van der Waals surface area contributed by atoms with Crippen LogP contribution in [0.4, 0.5) is 5.13 Å². The number of nitrogen functional groups attached to an aromatic ring is 1. The van der Waals surface area contributed by atoms with Gasteiger partial charge in [0.15, 0.2) is 22.3 Å². The number of quaternary nitrogens is 1. The van der Waals surface area contributed by atoms with Crippen molar-refractivity contribution in [2.24, 2.45) is 5.16 Å². The Kier molecular flexibility index (Phi) is 10.0. The summed E-state index contributed by atoms with van der Waals surface area (Å²) in [6.07, 6.45) is 1.63. The molecule has 1 aromatic carbocycles. The van der Waals surface area contributed by atoms with Gasteiger partial charge in [0.25, 0.3) is 17.7 Å². The maximum absolute atomic E-state index is 13.6. The summed E-state index contributed by atoms with van der Waals surface area (Å²) in [5, 5.41) is 44.9. The van der Waals surface area contributed by atoms with Crippen LogP contribution >= 0.6 is 46.3 Å². The molecule has 0 aliphatic carbocycles. The van der Waals surface area contributed by atoms with Gasteiger partial charge < -0.3 is 45.7 Å². The van der Waals surface area contributed by atoms with Crippen LogP contribution in [-0.2, 0) is 24.0 Å². The number of halogens is 2. The van der Waals surface area contributed by atoms with E-state index < -0.39 is 63.9 Å². The Labute approximate surface area is 314 Å². The van der Waals surface area contributed by atoms with Crippen molar-refractivity contribution in [3.63, 3.8) is 0 Å². The van der Waals surface area contributed by atoms with Gasteiger partial charge in [-0.15, -0.1) is 11.8 Å². The summed E-state index contributed by atoms with van der Waals surface area (Å²) in [6.45, 7) is 4.73. The summed E-state index contributed by atoms with van der Waals surface area (Å²) in [7, 11) is 0. The first-order valence-electron chi connectivity index (χ1n) is 15.9. The minimum Gasteiger partial charge on any atom is -0.504 e. The van der Waals surface area contributed by atoms with Crippen molar-refractivity contribution in [3.8, 4) is 11.5 Å². The first kappa shape index (κ1) is 37.5. The number of aliphatic carboxylic acids is 2. The Bertz CT molecular complexity index is 1960. The van der Waals surface area contributed by atoms with Gasteiger partial charge in [-0.05, 0) is 26.0 Å². The van der Waals surface area contributed by atoms with E-state index in [0.717, 1.165) is 35.6 Å². The molecule has 17 nitrogen and oxygen atoms in total. The van der Waals surface area contributed by atoms with Crippen LogP contribution in [-0.4, -0.2) is 137 Å². The third-order valence-corrected chi connectivity index (χ3v) is 12.5.